The molecule has 22 heavy (non-hydrogen) atoms. The van der Waals surface area contributed by atoms with E-state index in [-0.39, 0.29) is 0 Å². The Kier molecular flexibility index (Phi) is 4.96. The lowest BCUT2D eigenvalue weighted by atomic mass is 9.92. The number of benzene rings is 1. The van der Waals surface area contributed by atoms with E-state index in [2.05, 4.69) is 61.7 Å². The first-order chi connectivity index (χ1) is 10.2. The Morgan fingerprint density at radius 1 is 1.14 bits per heavy atom. The van der Waals surface area contributed by atoms with Crippen molar-refractivity contribution in [2.75, 3.05) is 24.5 Å². The fourth-order valence-electron chi connectivity index (χ4n) is 3.18. The minimum atomic E-state index is -0.662. The van der Waals surface area contributed by atoms with E-state index in [0.717, 1.165) is 13.1 Å². The molecule has 0 fully saturated rings. The zero-order valence-corrected chi connectivity index (χ0v) is 14.9. The number of anilines is 1. The number of β-amino-alcohol motifs (C(OH)–C–C–N with tert-alkyl or cyclic N) is 1. The molecule has 3 heteroatoms. The molecular formula is C19H31N2O+. The van der Waals surface area contributed by atoms with Crippen LogP contribution in [0.2, 0.25) is 0 Å². The van der Waals surface area contributed by atoms with Crippen molar-refractivity contribution in [2.24, 2.45) is 0 Å². The van der Waals surface area contributed by atoms with Crippen LogP contribution in [0.3, 0.4) is 0 Å². The third kappa shape index (κ3) is 3.89. The highest BCUT2D eigenvalue weighted by Crippen LogP contribution is 2.35. The molecule has 0 aliphatic carbocycles. The predicted octanol–water partition coefficient (Wildman–Crippen LogP) is 3.57. The van der Waals surface area contributed by atoms with Crippen molar-refractivity contribution in [1.82, 2.24) is 0 Å². The lowest BCUT2D eigenvalue weighted by Gasteiger charge is -2.20. The van der Waals surface area contributed by atoms with Crippen LogP contribution in [-0.4, -0.2) is 41.3 Å². The van der Waals surface area contributed by atoms with Crippen molar-refractivity contribution in [3.05, 3.63) is 29.3 Å². The molecule has 0 spiro atoms. The molecule has 0 radical (unpaired) electrons. The van der Waals surface area contributed by atoms with Crippen LogP contribution in [0.1, 0.15) is 64.5 Å². The van der Waals surface area contributed by atoms with Crippen LogP contribution in [0.15, 0.2) is 18.2 Å². The van der Waals surface area contributed by atoms with Gasteiger partial charge in [0, 0.05) is 11.1 Å². The summed E-state index contributed by atoms with van der Waals surface area (Å²) in [6, 6.07) is 6.68. The molecule has 0 bridgehead atoms. The van der Waals surface area contributed by atoms with Gasteiger partial charge in [0.25, 0.3) is 0 Å². The number of para-hydroxylation sites is 1. The van der Waals surface area contributed by atoms with E-state index in [9.17, 15) is 5.11 Å². The smallest absolute Gasteiger partial charge is 0.239 e. The topological polar surface area (TPSA) is 26.5 Å². The number of nitrogens with zero attached hydrogens (tertiary/aromatic N) is 2. The maximum absolute atomic E-state index is 10.0. The van der Waals surface area contributed by atoms with Crippen LogP contribution in [0.5, 0.6) is 0 Å². The predicted molar refractivity (Wildman–Crippen MR) is 94.3 cm³/mol. The first-order valence-electron chi connectivity index (χ1n) is 8.40. The highest BCUT2D eigenvalue weighted by molar-refractivity contribution is 5.81. The van der Waals surface area contributed by atoms with Gasteiger partial charge in [-0.1, -0.05) is 45.9 Å². The number of aliphatic hydroxyl groups is 1. The number of hydrogen-bond acceptors (Lipinski definition) is 2. The van der Waals surface area contributed by atoms with Crippen molar-refractivity contribution in [3.8, 4) is 0 Å². The second-order valence-electron chi connectivity index (χ2n) is 7.69. The zero-order chi connectivity index (χ0) is 16.5. The van der Waals surface area contributed by atoms with Crippen molar-refractivity contribution in [3.63, 3.8) is 0 Å². The molecule has 0 atom stereocenters. The van der Waals surface area contributed by atoms with Crippen LogP contribution < -0.4 is 4.90 Å². The Bertz CT molecular complexity index is 527. The normalized spacial score (nSPS) is 15.9. The molecule has 0 saturated heterocycles. The van der Waals surface area contributed by atoms with E-state index in [0.29, 0.717) is 18.4 Å². The minimum Gasteiger partial charge on any atom is -0.386 e. The van der Waals surface area contributed by atoms with Gasteiger partial charge in [-0.2, -0.15) is 0 Å². The van der Waals surface area contributed by atoms with E-state index in [4.69, 9.17) is 0 Å². The largest absolute Gasteiger partial charge is 0.386 e. The summed E-state index contributed by atoms with van der Waals surface area (Å²) in [6.45, 7) is 15.4. The van der Waals surface area contributed by atoms with Crippen LogP contribution in [0.4, 0.5) is 5.69 Å². The first kappa shape index (κ1) is 17.0. The maximum Gasteiger partial charge on any atom is 0.239 e. The molecule has 122 valence electrons. The minimum absolute atomic E-state index is 0.505. The van der Waals surface area contributed by atoms with Gasteiger partial charge in [-0.15, -0.1) is 0 Å². The fourth-order valence-corrected chi connectivity index (χ4v) is 3.18. The molecule has 0 amide bonds. The molecule has 1 N–H and O–H groups in total. The quantitative estimate of drug-likeness (QED) is 0.842. The average Bonchev–Trinajstić information content (AvgIpc) is 2.83. The molecule has 3 nitrogen and oxygen atoms in total. The molecular weight excluding hydrogens is 272 g/mol. The zero-order valence-electron chi connectivity index (χ0n) is 14.9. The SMILES string of the molecule is CC(C)c1cccc(C(C)C)c1N1C=[N+](CC(C)(C)O)CC1. The molecule has 1 aromatic rings. The molecule has 0 aromatic heterocycles. The van der Waals surface area contributed by atoms with Crippen molar-refractivity contribution < 1.29 is 9.68 Å². The summed E-state index contributed by atoms with van der Waals surface area (Å²) >= 11 is 0. The van der Waals surface area contributed by atoms with Crippen molar-refractivity contribution >= 4 is 12.0 Å². The first-order valence-corrected chi connectivity index (χ1v) is 8.40. The molecule has 1 aliphatic rings. The van der Waals surface area contributed by atoms with E-state index in [1.165, 1.54) is 16.8 Å². The van der Waals surface area contributed by atoms with Crippen LogP contribution in [0.25, 0.3) is 0 Å². The van der Waals surface area contributed by atoms with Crippen LogP contribution in [0, 0.1) is 0 Å². The summed E-state index contributed by atoms with van der Waals surface area (Å²) in [6.07, 6.45) is 2.19. The second kappa shape index (κ2) is 6.41. The van der Waals surface area contributed by atoms with E-state index < -0.39 is 5.60 Å². The third-order valence-corrected chi connectivity index (χ3v) is 4.15. The monoisotopic (exact) mass is 303 g/mol. The molecule has 1 heterocycles. The summed E-state index contributed by atoms with van der Waals surface area (Å²) in [5, 5.41) is 10.0. The van der Waals surface area contributed by atoms with Gasteiger partial charge >= 0.3 is 0 Å². The summed E-state index contributed by atoms with van der Waals surface area (Å²) in [5.41, 5.74) is 3.52. The summed E-state index contributed by atoms with van der Waals surface area (Å²) in [5.74, 6) is 1.01. The lowest BCUT2D eigenvalue weighted by Crippen LogP contribution is -2.32. The van der Waals surface area contributed by atoms with Gasteiger partial charge in [-0.05, 0) is 25.7 Å². The third-order valence-electron chi connectivity index (χ3n) is 4.15. The van der Waals surface area contributed by atoms with Gasteiger partial charge in [-0.3, -0.25) is 4.58 Å². The van der Waals surface area contributed by atoms with Gasteiger partial charge < -0.3 is 5.11 Å². The highest BCUT2D eigenvalue weighted by Gasteiger charge is 2.30. The average molecular weight is 303 g/mol. The summed E-state index contributed by atoms with van der Waals surface area (Å²) < 4.78 is 2.22. The summed E-state index contributed by atoms with van der Waals surface area (Å²) in [7, 11) is 0. The van der Waals surface area contributed by atoms with Crippen LogP contribution in [-0.2, 0) is 0 Å². The van der Waals surface area contributed by atoms with Crippen molar-refractivity contribution in [2.45, 2.75) is 59.0 Å². The Morgan fingerprint density at radius 2 is 1.68 bits per heavy atom. The number of hydrogen-bond donors (Lipinski definition) is 1. The molecule has 2 rings (SSSR count). The van der Waals surface area contributed by atoms with Gasteiger partial charge in [0.15, 0.2) is 0 Å². The fraction of sp³-hybridized carbons (Fsp3) is 0.632. The van der Waals surface area contributed by atoms with Gasteiger partial charge in [0.2, 0.25) is 6.34 Å². The van der Waals surface area contributed by atoms with Crippen LogP contribution >= 0.6 is 0 Å². The summed E-state index contributed by atoms with van der Waals surface area (Å²) in [4.78, 5) is 2.37. The second-order valence-corrected chi connectivity index (χ2v) is 7.69. The molecule has 1 aromatic carbocycles. The van der Waals surface area contributed by atoms with Gasteiger partial charge in [0.1, 0.15) is 25.3 Å². The van der Waals surface area contributed by atoms with E-state index in [1.807, 2.05) is 13.8 Å². The van der Waals surface area contributed by atoms with E-state index in [1.54, 1.807) is 0 Å². The lowest BCUT2D eigenvalue weighted by molar-refractivity contribution is -0.530. The highest BCUT2D eigenvalue weighted by atomic mass is 16.3. The Hall–Kier alpha value is -1.35. The maximum atomic E-state index is 10.0. The van der Waals surface area contributed by atoms with Gasteiger partial charge in [0.05, 0.1) is 5.60 Å². The van der Waals surface area contributed by atoms with Crippen molar-refractivity contribution in [1.29, 1.82) is 0 Å². The van der Waals surface area contributed by atoms with Gasteiger partial charge in [-0.25, -0.2) is 4.90 Å². The Balaban J connectivity index is 2.40. The number of rotatable bonds is 5. The Labute approximate surface area is 135 Å². The Morgan fingerprint density at radius 3 is 2.14 bits per heavy atom. The molecule has 0 unspecified atom stereocenters. The molecule has 1 aliphatic heterocycles. The van der Waals surface area contributed by atoms with E-state index >= 15 is 0 Å². The standard InChI is InChI=1S/C19H31N2O/c1-14(2)16-8-7-9-17(15(3)4)18(16)21-11-10-20(13-21)12-19(5,6)22/h7-9,13-15,22H,10-12H2,1-6H3/q+1. The molecule has 0 saturated carbocycles.